The Morgan fingerprint density at radius 1 is 1.32 bits per heavy atom. The fraction of sp³-hybridized carbons (Fsp3) is 0.727. The first kappa shape index (κ1) is 17.7. The Hall–Kier alpha value is -1.33. The van der Waals surface area contributed by atoms with Gasteiger partial charge in [0, 0.05) is 6.42 Å². The number of aliphatic hydroxyl groups excluding tert-OH is 1. The van der Waals surface area contributed by atoms with Gasteiger partial charge in [-0.3, -0.25) is 0 Å². The number of esters is 1. The largest absolute Gasteiger partial charge is 0.465 e. The fourth-order valence-electron chi connectivity index (χ4n) is 1.02. The monoisotopic (exact) mass is 292 g/mol. The van der Waals surface area contributed by atoms with Gasteiger partial charge in [0.15, 0.2) is 6.16 Å². The van der Waals surface area contributed by atoms with Crippen LogP contribution in [0.1, 0.15) is 27.2 Å². The SMILES string of the molecule is COC(=O)C(CC[P+](=O)CO)=NC(=O)OC(C)(C)C. The molecule has 0 heterocycles. The van der Waals surface area contributed by atoms with Gasteiger partial charge in [0.05, 0.1) is 7.11 Å². The van der Waals surface area contributed by atoms with Crippen molar-refractivity contribution in [3.8, 4) is 0 Å². The van der Waals surface area contributed by atoms with Gasteiger partial charge in [0.1, 0.15) is 11.3 Å². The summed E-state index contributed by atoms with van der Waals surface area (Å²) in [6, 6.07) is 0. The number of rotatable bonds is 5. The molecule has 19 heavy (non-hydrogen) atoms. The second-order valence-electron chi connectivity index (χ2n) is 4.63. The third kappa shape index (κ3) is 8.40. The summed E-state index contributed by atoms with van der Waals surface area (Å²) < 4.78 is 20.5. The van der Waals surface area contributed by atoms with Gasteiger partial charge < -0.3 is 14.6 Å². The summed E-state index contributed by atoms with van der Waals surface area (Å²) in [5.41, 5.74) is -0.897. The molecule has 108 valence electrons. The molecule has 0 bridgehead atoms. The van der Waals surface area contributed by atoms with E-state index in [0.717, 1.165) is 7.11 Å². The Morgan fingerprint density at radius 3 is 2.32 bits per heavy atom. The van der Waals surface area contributed by atoms with E-state index in [1.807, 2.05) is 0 Å². The van der Waals surface area contributed by atoms with Crippen LogP contribution in [-0.4, -0.2) is 48.1 Å². The third-order valence-electron chi connectivity index (χ3n) is 1.80. The summed E-state index contributed by atoms with van der Waals surface area (Å²) in [6.07, 6.45) is -1.37. The van der Waals surface area contributed by atoms with Crippen molar-refractivity contribution in [3.63, 3.8) is 0 Å². The molecule has 0 aliphatic rings. The maximum atomic E-state index is 11.5. The Balaban J connectivity index is 4.79. The van der Waals surface area contributed by atoms with Crippen molar-refractivity contribution in [1.29, 1.82) is 0 Å². The highest BCUT2D eigenvalue weighted by atomic mass is 31.1. The van der Waals surface area contributed by atoms with Crippen molar-refractivity contribution in [2.24, 2.45) is 4.99 Å². The highest BCUT2D eigenvalue weighted by Gasteiger charge is 2.22. The van der Waals surface area contributed by atoms with Crippen molar-refractivity contribution >= 4 is 25.6 Å². The number of aliphatic hydroxyl groups is 1. The van der Waals surface area contributed by atoms with Crippen LogP contribution in [0, 0.1) is 0 Å². The molecule has 7 nitrogen and oxygen atoms in total. The topological polar surface area (TPSA) is 102 Å². The molecule has 0 aliphatic carbocycles. The first-order chi connectivity index (χ1) is 8.69. The predicted molar refractivity (Wildman–Crippen MR) is 69.9 cm³/mol. The molecular formula is C11H19NO6P+. The minimum atomic E-state index is -1.83. The summed E-state index contributed by atoms with van der Waals surface area (Å²) in [5.74, 6) is -0.785. The molecule has 0 aromatic carbocycles. The van der Waals surface area contributed by atoms with Crippen LogP contribution in [0.2, 0.25) is 0 Å². The molecule has 0 aliphatic heterocycles. The number of hydrogen-bond donors (Lipinski definition) is 1. The van der Waals surface area contributed by atoms with Crippen molar-refractivity contribution in [2.45, 2.75) is 32.8 Å². The Bertz CT molecular complexity index is 385. The zero-order valence-electron chi connectivity index (χ0n) is 11.5. The van der Waals surface area contributed by atoms with Gasteiger partial charge in [-0.1, -0.05) is 4.57 Å². The first-order valence-corrected chi connectivity index (χ1v) is 7.24. The van der Waals surface area contributed by atoms with E-state index < -0.39 is 31.8 Å². The lowest BCUT2D eigenvalue weighted by Gasteiger charge is -2.17. The van der Waals surface area contributed by atoms with E-state index in [1.165, 1.54) is 0 Å². The van der Waals surface area contributed by atoms with Gasteiger partial charge in [0.2, 0.25) is 6.35 Å². The summed E-state index contributed by atoms with van der Waals surface area (Å²) >= 11 is 0. The van der Waals surface area contributed by atoms with E-state index in [4.69, 9.17) is 9.84 Å². The lowest BCUT2D eigenvalue weighted by molar-refractivity contribution is -0.132. The van der Waals surface area contributed by atoms with E-state index >= 15 is 0 Å². The van der Waals surface area contributed by atoms with E-state index in [0.29, 0.717) is 0 Å². The zero-order valence-corrected chi connectivity index (χ0v) is 12.4. The van der Waals surface area contributed by atoms with Crippen LogP contribution in [0.25, 0.3) is 0 Å². The van der Waals surface area contributed by atoms with Crippen LogP contribution in [0.15, 0.2) is 4.99 Å². The molecule has 0 spiro atoms. The van der Waals surface area contributed by atoms with Gasteiger partial charge in [-0.2, -0.15) is 4.99 Å². The van der Waals surface area contributed by atoms with Crippen LogP contribution in [0.4, 0.5) is 4.79 Å². The minimum Gasteiger partial charge on any atom is -0.465 e. The quantitative estimate of drug-likeness (QED) is 0.470. The van der Waals surface area contributed by atoms with E-state index in [1.54, 1.807) is 20.8 Å². The number of nitrogens with zero attached hydrogens (tertiary/aromatic N) is 1. The zero-order chi connectivity index (χ0) is 15.1. The number of carbonyl (C=O) groups is 2. The van der Waals surface area contributed by atoms with Crippen molar-refractivity contribution in [3.05, 3.63) is 0 Å². The summed E-state index contributed by atoms with van der Waals surface area (Å²) in [7, 11) is -0.676. The van der Waals surface area contributed by atoms with Gasteiger partial charge in [-0.05, 0) is 20.8 Å². The maximum Gasteiger partial charge on any atom is 0.434 e. The highest BCUT2D eigenvalue weighted by Crippen LogP contribution is 2.19. The molecule has 8 heteroatoms. The molecular weight excluding hydrogens is 273 g/mol. The number of ether oxygens (including phenoxy) is 2. The summed E-state index contributed by atoms with van der Waals surface area (Å²) in [4.78, 5) is 26.4. The smallest absolute Gasteiger partial charge is 0.434 e. The molecule has 0 radical (unpaired) electrons. The normalized spacial score (nSPS) is 12.9. The van der Waals surface area contributed by atoms with Gasteiger partial charge in [-0.25, -0.2) is 9.59 Å². The lowest BCUT2D eigenvalue weighted by Crippen LogP contribution is -2.24. The van der Waals surface area contributed by atoms with Crippen molar-refractivity contribution in [2.75, 3.05) is 19.6 Å². The second-order valence-corrected chi connectivity index (χ2v) is 6.32. The van der Waals surface area contributed by atoms with E-state index in [-0.39, 0.29) is 18.3 Å². The van der Waals surface area contributed by atoms with Crippen LogP contribution in [-0.2, 0) is 18.8 Å². The third-order valence-corrected chi connectivity index (χ3v) is 2.83. The maximum absolute atomic E-state index is 11.5. The minimum absolute atomic E-state index is 0.0261. The average molecular weight is 292 g/mol. The van der Waals surface area contributed by atoms with Crippen molar-refractivity contribution in [1.82, 2.24) is 0 Å². The number of methoxy groups -OCH3 is 1. The standard InChI is InChI=1S/C11H19NO6P/c1-11(2,3)18-10(15)12-8(9(14)17-4)5-6-19(16)7-13/h13H,5-7H2,1-4H3/q+1. The molecule has 1 unspecified atom stereocenters. The Morgan fingerprint density at radius 2 is 1.89 bits per heavy atom. The lowest BCUT2D eigenvalue weighted by atomic mass is 10.2. The molecule has 1 atom stereocenters. The highest BCUT2D eigenvalue weighted by molar-refractivity contribution is 7.44. The van der Waals surface area contributed by atoms with E-state index in [9.17, 15) is 14.2 Å². The second kappa shape index (κ2) is 7.96. The molecule has 0 rings (SSSR count). The van der Waals surface area contributed by atoms with Gasteiger partial charge in [0.25, 0.3) is 0 Å². The molecule has 0 fully saturated rings. The molecule has 0 saturated heterocycles. The number of amides is 1. The van der Waals surface area contributed by atoms with E-state index in [2.05, 4.69) is 9.73 Å². The summed E-state index contributed by atoms with van der Waals surface area (Å²) in [5, 5.41) is 8.65. The fourth-order valence-corrected chi connectivity index (χ4v) is 1.62. The molecule has 0 aromatic rings. The molecule has 1 N–H and O–H groups in total. The Labute approximate surface area is 112 Å². The number of hydrogen-bond acceptors (Lipinski definition) is 6. The molecule has 0 aromatic heterocycles. The van der Waals surface area contributed by atoms with Crippen LogP contribution in [0.3, 0.4) is 0 Å². The predicted octanol–water partition coefficient (Wildman–Crippen LogP) is 1.70. The number of carbonyl (C=O) groups excluding carboxylic acids is 2. The molecule has 0 saturated carbocycles. The van der Waals surface area contributed by atoms with Crippen LogP contribution in [0.5, 0.6) is 0 Å². The Kier molecular flexibility index (Phi) is 7.41. The summed E-state index contributed by atoms with van der Waals surface area (Å²) in [6.45, 7) is 5.00. The van der Waals surface area contributed by atoms with Gasteiger partial charge >= 0.3 is 19.9 Å². The van der Waals surface area contributed by atoms with Crippen LogP contribution >= 0.6 is 7.80 Å². The number of aliphatic imine (C=N–C) groups is 1. The average Bonchev–Trinajstić information content (AvgIpc) is 2.30. The van der Waals surface area contributed by atoms with Crippen molar-refractivity contribution < 1.29 is 28.7 Å². The molecule has 1 amide bonds. The van der Waals surface area contributed by atoms with Gasteiger partial charge in [-0.15, -0.1) is 0 Å². The first-order valence-electron chi connectivity index (χ1n) is 5.61. The van der Waals surface area contributed by atoms with Crippen LogP contribution < -0.4 is 0 Å².